The van der Waals surface area contributed by atoms with Gasteiger partial charge in [0.2, 0.25) is 11.8 Å². The van der Waals surface area contributed by atoms with Crippen LogP contribution in [0.5, 0.6) is 5.75 Å². The molecule has 1 aliphatic rings. The maximum absolute atomic E-state index is 12.6. The van der Waals surface area contributed by atoms with E-state index in [1.165, 1.54) is 13.5 Å². The lowest BCUT2D eigenvalue weighted by Crippen LogP contribution is -2.49. The van der Waals surface area contributed by atoms with E-state index >= 15 is 0 Å². The number of amides is 4. The van der Waals surface area contributed by atoms with Gasteiger partial charge >= 0.3 is 11.8 Å². The van der Waals surface area contributed by atoms with Crippen LogP contribution in [0.1, 0.15) is 32.3 Å². The molecular formula is C27H29N5O6. The molecule has 1 saturated heterocycles. The number of oxazole rings is 1. The lowest BCUT2D eigenvalue weighted by Gasteiger charge is -2.26. The number of ether oxygens (including phenoxy) is 1. The zero-order valence-corrected chi connectivity index (χ0v) is 21.3. The summed E-state index contributed by atoms with van der Waals surface area (Å²) in [6.45, 7) is 3.62. The first-order valence-electron chi connectivity index (χ1n) is 12.0. The van der Waals surface area contributed by atoms with Gasteiger partial charge in [-0.05, 0) is 56.5 Å². The summed E-state index contributed by atoms with van der Waals surface area (Å²) in [6.07, 6.45) is 4.12. The van der Waals surface area contributed by atoms with Crippen LogP contribution >= 0.6 is 0 Å². The zero-order valence-electron chi connectivity index (χ0n) is 21.3. The highest BCUT2D eigenvalue weighted by Crippen LogP contribution is 2.32. The SMILES string of the molecule is COc1cc(NC(=O)C(=O)NC(C)(C)Cc2ccc(NC(=O)[C@@H]3CCC(=O)N3)cc2)ccc1-c1cnco1. The maximum Gasteiger partial charge on any atom is 0.313 e. The Bertz CT molecular complexity index is 1330. The van der Waals surface area contributed by atoms with Crippen molar-refractivity contribution in [1.82, 2.24) is 15.6 Å². The lowest BCUT2D eigenvalue weighted by molar-refractivity contribution is -0.137. The Morgan fingerprint density at radius 2 is 1.82 bits per heavy atom. The highest BCUT2D eigenvalue weighted by Gasteiger charge is 2.28. The second-order valence-electron chi connectivity index (χ2n) is 9.59. The molecule has 0 saturated carbocycles. The van der Waals surface area contributed by atoms with E-state index in [2.05, 4.69) is 26.3 Å². The standard InChI is InChI=1S/C27H29N5O6/c1-27(2,13-16-4-6-17(7-5-16)29-24(34)20-10-11-23(33)31-20)32-26(36)25(35)30-18-8-9-19(21(12-18)37-3)22-14-28-15-38-22/h4-9,12,14-15,20H,10-11,13H2,1-3H3,(H,29,34)(H,30,35)(H,31,33)(H,32,36)/t20-/m0/s1. The van der Waals surface area contributed by atoms with Crippen LogP contribution in [0.3, 0.4) is 0 Å². The van der Waals surface area contributed by atoms with Crippen molar-refractivity contribution in [3.63, 3.8) is 0 Å². The van der Waals surface area contributed by atoms with E-state index in [1.807, 2.05) is 26.0 Å². The number of aromatic nitrogens is 1. The number of benzene rings is 2. The fourth-order valence-electron chi connectivity index (χ4n) is 4.17. The smallest absolute Gasteiger partial charge is 0.313 e. The summed E-state index contributed by atoms with van der Waals surface area (Å²) in [4.78, 5) is 52.7. The quantitative estimate of drug-likeness (QED) is 0.334. The van der Waals surface area contributed by atoms with Crippen molar-refractivity contribution in [2.45, 2.75) is 44.7 Å². The van der Waals surface area contributed by atoms with Crippen LogP contribution in [0.4, 0.5) is 11.4 Å². The Balaban J connectivity index is 1.31. The Morgan fingerprint density at radius 1 is 1.08 bits per heavy atom. The fraction of sp³-hybridized carbons (Fsp3) is 0.296. The van der Waals surface area contributed by atoms with Gasteiger partial charge in [-0.25, -0.2) is 4.98 Å². The first kappa shape index (κ1) is 26.4. The first-order chi connectivity index (χ1) is 18.1. The molecule has 1 atom stereocenters. The highest BCUT2D eigenvalue weighted by atomic mass is 16.5. The maximum atomic E-state index is 12.6. The predicted molar refractivity (Wildman–Crippen MR) is 139 cm³/mol. The van der Waals surface area contributed by atoms with Gasteiger partial charge in [0.05, 0.1) is 18.9 Å². The van der Waals surface area contributed by atoms with Crippen molar-refractivity contribution in [2.75, 3.05) is 17.7 Å². The number of nitrogens with zero attached hydrogens (tertiary/aromatic N) is 1. The number of nitrogens with one attached hydrogen (secondary N) is 4. The summed E-state index contributed by atoms with van der Waals surface area (Å²) < 4.78 is 10.7. The molecule has 0 unspecified atom stereocenters. The second-order valence-corrected chi connectivity index (χ2v) is 9.59. The van der Waals surface area contributed by atoms with E-state index < -0.39 is 23.4 Å². The van der Waals surface area contributed by atoms with Gasteiger partial charge < -0.3 is 30.4 Å². The normalized spacial score (nSPS) is 14.9. The molecular weight excluding hydrogens is 490 g/mol. The number of carbonyl (C=O) groups excluding carboxylic acids is 4. The summed E-state index contributed by atoms with van der Waals surface area (Å²) in [5.74, 6) is -1.02. The Kier molecular flexibility index (Phi) is 7.75. The van der Waals surface area contributed by atoms with Crippen molar-refractivity contribution in [2.24, 2.45) is 0 Å². The van der Waals surface area contributed by atoms with Crippen LogP contribution in [0, 0.1) is 0 Å². The predicted octanol–water partition coefficient (Wildman–Crippen LogP) is 2.64. The molecule has 4 N–H and O–H groups in total. The molecule has 0 bridgehead atoms. The van der Waals surface area contributed by atoms with Crippen LogP contribution in [0.2, 0.25) is 0 Å². The topological polar surface area (TPSA) is 152 Å². The molecule has 11 heteroatoms. The van der Waals surface area contributed by atoms with E-state index in [-0.39, 0.29) is 11.8 Å². The highest BCUT2D eigenvalue weighted by molar-refractivity contribution is 6.39. The Labute approximate surface area is 219 Å². The van der Waals surface area contributed by atoms with E-state index in [4.69, 9.17) is 9.15 Å². The van der Waals surface area contributed by atoms with Crippen molar-refractivity contribution < 1.29 is 28.3 Å². The number of rotatable bonds is 8. The summed E-state index contributed by atoms with van der Waals surface area (Å²) in [6, 6.07) is 11.6. The molecule has 4 rings (SSSR count). The summed E-state index contributed by atoms with van der Waals surface area (Å²) in [5, 5.41) is 10.8. The molecule has 1 fully saturated rings. The number of carbonyl (C=O) groups is 4. The molecule has 0 aliphatic carbocycles. The lowest BCUT2D eigenvalue weighted by atomic mass is 9.94. The molecule has 3 aromatic rings. The van der Waals surface area contributed by atoms with Crippen LogP contribution in [-0.4, -0.2) is 47.3 Å². The minimum atomic E-state index is -0.815. The molecule has 1 aromatic heterocycles. The average Bonchev–Trinajstić information content (AvgIpc) is 3.57. The van der Waals surface area contributed by atoms with Gasteiger partial charge in [-0.3, -0.25) is 19.2 Å². The molecule has 198 valence electrons. The van der Waals surface area contributed by atoms with Crippen molar-refractivity contribution >= 4 is 35.0 Å². The molecule has 4 amide bonds. The monoisotopic (exact) mass is 519 g/mol. The van der Waals surface area contributed by atoms with Crippen molar-refractivity contribution in [3.05, 3.63) is 60.6 Å². The van der Waals surface area contributed by atoms with Gasteiger partial charge in [0.1, 0.15) is 11.8 Å². The molecule has 1 aliphatic heterocycles. The first-order valence-corrected chi connectivity index (χ1v) is 12.0. The second kappa shape index (κ2) is 11.2. The number of hydrogen-bond donors (Lipinski definition) is 4. The van der Waals surface area contributed by atoms with Crippen LogP contribution in [0.25, 0.3) is 11.3 Å². The molecule has 2 aromatic carbocycles. The molecule has 0 radical (unpaired) electrons. The summed E-state index contributed by atoms with van der Waals surface area (Å²) in [5.41, 5.74) is 1.81. The Hall–Kier alpha value is -4.67. The van der Waals surface area contributed by atoms with Crippen LogP contribution < -0.4 is 26.0 Å². The van der Waals surface area contributed by atoms with Gasteiger partial charge in [-0.15, -0.1) is 0 Å². The largest absolute Gasteiger partial charge is 0.496 e. The number of methoxy groups -OCH3 is 1. The third-order valence-corrected chi connectivity index (χ3v) is 5.99. The minimum absolute atomic E-state index is 0.126. The van der Waals surface area contributed by atoms with Gasteiger partial charge in [0.25, 0.3) is 0 Å². The molecule has 11 nitrogen and oxygen atoms in total. The third-order valence-electron chi connectivity index (χ3n) is 5.99. The molecule has 2 heterocycles. The number of anilines is 2. The molecule has 0 spiro atoms. The van der Waals surface area contributed by atoms with Gasteiger partial charge in [-0.2, -0.15) is 0 Å². The zero-order chi connectivity index (χ0) is 27.3. The van der Waals surface area contributed by atoms with Crippen LogP contribution in [-0.2, 0) is 25.6 Å². The van der Waals surface area contributed by atoms with Gasteiger partial charge in [-0.1, -0.05) is 12.1 Å². The van der Waals surface area contributed by atoms with E-state index in [0.717, 1.165) is 5.56 Å². The van der Waals surface area contributed by atoms with E-state index in [0.29, 0.717) is 47.7 Å². The third kappa shape index (κ3) is 6.55. The average molecular weight is 520 g/mol. The fourth-order valence-corrected chi connectivity index (χ4v) is 4.17. The Morgan fingerprint density at radius 3 is 2.45 bits per heavy atom. The van der Waals surface area contributed by atoms with Gasteiger partial charge in [0.15, 0.2) is 12.2 Å². The van der Waals surface area contributed by atoms with Crippen LogP contribution in [0.15, 0.2) is 59.5 Å². The van der Waals surface area contributed by atoms with Gasteiger partial charge in [0, 0.05) is 29.4 Å². The van der Waals surface area contributed by atoms with E-state index in [9.17, 15) is 19.2 Å². The summed E-state index contributed by atoms with van der Waals surface area (Å²) in [7, 11) is 1.49. The van der Waals surface area contributed by atoms with Crippen molar-refractivity contribution in [1.29, 1.82) is 0 Å². The molecule has 38 heavy (non-hydrogen) atoms. The summed E-state index contributed by atoms with van der Waals surface area (Å²) >= 11 is 0. The number of hydrogen-bond acceptors (Lipinski definition) is 7. The van der Waals surface area contributed by atoms with E-state index in [1.54, 1.807) is 36.5 Å². The van der Waals surface area contributed by atoms with Crippen molar-refractivity contribution in [3.8, 4) is 17.1 Å². The minimum Gasteiger partial charge on any atom is -0.496 e.